The van der Waals surface area contributed by atoms with Crippen molar-refractivity contribution in [2.75, 3.05) is 0 Å². The smallest absolute Gasteiger partial charge is 0.330 e. The Morgan fingerprint density at radius 1 is 1.08 bits per heavy atom. The van der Waals surface area contributed by atoms with Crippen LogP contribution in [-0.2, 0) is 4.79 Å². The Labute approximate surface area is 168 Å². The number of hydrogen-bond donors (Lipinski definition) is 1. The number of allylic oxidation sites excluding steroid dienone is 1. The molecule has 2 atom stereocenters. The molecule has 152 valence electrons. The van der Waals surface area contributed by atoms with Gasteiger partial charge in [0.25, 0.3) is 0 Å². The predicted molar refractivity (Wildman–Crippen MR) is 124 cm³/mol. The van der Waals surface area contributed by atoms with E-state index in [0.29, 0.717) is 17.4 Å². The van der Waals surface area contributed by atoms with E-state index in [1.54, 1.807) is 13.8 Å². The number of carbonyl (C=O) groups is 1. The highest BCUT2D eigenvalue weighted by Crippen LogP contribution is 2.16. The molecular weight excluding hydrogens is 328 g/mol. The first-order valence-corrected chi connectivity index (χ1v) is 7.84. The van der Waals surface area contributed by atoms with E-state index in [-0.39, 0.29) is 11.4 Å². The standard InChI is InChI=1S/C11H20O2.C11H4.O2.8H2/c1-5-8(2)6-9(3)7-10(4)11(12)13;1-3-5-7-9-11-10-8-6-4-2;1-2;;;;;;;;/h7-9H,5-6H2,1-4H3,(H,12,13);1H,2H3;;8*1H/b10-7+;;;;;;;;;;/t8-,9-;;;;;;;;;;/m0........../s1. The third-order valence-corrected chi connectivity index (χ3v) is 2.92. The summed E-state index contributed by atoms with van der Waals surface area (Å²) in [6.45, 7) is 9.78. The molecule has 0 amide bonds. The van der Waals surface area contributed by atoms with E-state index in [2.05, 4.69) is 74.1 Å². The van der Waals surface area contributed by atoms with E-state index < -0.39 is 5.97 Å². The highest BCUT2D eigenvalue weighted by atomic mass is 16.7. The molecule has 0 aromatic rings. The molecule has 0 rings (SSSR count). The van der Waals surface area contributed by atoms with Gasteiger partial charge in [-0.1, -0.05) is 39.2 Å². The lowest BCUT2D eigenvalue weighted by atomic mass is 9.94. The summed E-state index contributed by atoms with van der Waals surface area (Å²) in [6.07, 6.45) is 8.91. The van der Waals surface area contributed by atoms with Crippen LogP contribution in [0.4, 0.5) is 0 Å². The minimum atomic E-state index is -0.809. The summed E-state index contributed by atoms with van der Waals surface area (Å²) >= 11 is 0. The third-order valence-electron chi connectivity index (χ3n) is 2.92. The van der Waals surface area contributed by atoms with E-state index in [4.69, 9.17) is 21.5 Å². The molecular formula is C22H40O4. The van der Waals surface area contributed by atoms with Crippen LogP contribution in [0.1, 0.15) is 58.9 Å². The molecule has 0 aliphatic heterocycles. The first-order valence-electron chi connectivity index (χ1n) is 7.84. The summed E-state index contributed by atoms with van der Waals surface area (Å²) in [5.41, 5.74) is 0.454. The molecule has 26 heavy (non-hydrogen) atoms. The van der Waals surface area contributed by atoms with Crippen LogP contribution in [0.25, 0.3) is 0 Å². The number of carboxylic acid groups (broad SMARTS) is 1. The van der Waals surface area contributed by atoms with Gasteiger partial charge in [0.1, 0.15) is 0 Å². The largest absolute Gasteiger partial charge is 0.478 e. The third kappa shape index (κ3) is 22.9. The summed E-state index contributed by atoms with van der Waals surface area (Å²) in [5.74, 6) is 22.2. The highest BCUT2D eigenvalue weighted by molar-refractivity contribution is 5.85. The fourth-order valence-electron chi connectivity index (χ4n) is 1.62. The molecule has 0 heterocycles. The summed E-state index contributed by atoms with van der Waals surface area (Å²) in [5, 5.41) is 8.65. The zero-order valence-corrected chi connectivity index (χ0v) is 15.9. The van der Waals surface area contributed by atoms with Gasteiger partial charge >= 0.3 is 5.97 Å². The second-order valence-electron chi connectivity index (χ2n) is 5.15. The summed E-state index contributed by atoms with van der Waals surface area (Å²) in [4.78, 5) is 24.5. The van der Waals surface area contributed by atoms with Gasteiger partial charge in [0.2, 0.25) is 0 Å². The molecule has 0 radical (unpaired) electrons. The van der Waals surface area contributed by atoms with Crippen molar-refractivity contribution in [1.29, 1.82) is 0 Å². The molecule has 4 heteroatoms. The van der Waals surface area contributed by atoms with Crippen LogP contribution in [-0.4, -0.2) is 11.1 Å². The quantitative estimate of drug-likeness (QED) is 0.493. The maximum Gasteiger partial charge on any atom is 0.330 e. The zero-order chi connectivity index (χ0) is 20.8. The van der Waals surface area contributed by atoms with Crippen LogP contribution >= 0.6 is 0 Å². The van der Waals surface area contributed by atoms with Crippen LogP contribution in [0.15, 0.2) is 11.6 Å². The average Bonchev–Trinajstić information content (AvgIpc) is 2.63. The van der Waals surface area contributed by atoms with Crippen molar-refractivity contribution in [2.24, 2.45) is 11.8 Å². The lowest BCUT2D eigenvalue weighted by Crippen LogP contribution is -2.03. The number of terminal acetylenes is 1. The van der Waals surface area contributed by atoms with E-state index in [1.165, 1.54) is 0 Å². The molecule has 0 aromatic carbocycles. The van der Waals surface area contributed by atoms with Crippen molar-refractivity contribution in [3.8, 4) is 59.7 Å². The molecule has 1 N–H and O–H groups in total. The summed E-state index contributed by atoms with van der Waals surface area (Å²) in [6, 6.07) is 0. The molecule has 0 spiro atoms. The lowest BCUT2D eigenvalue weighted by Gasteiger charge is -2.12. The normalized spacial score (nSPS) is 10.1. The van der Waals surface area contributed by atoms with E-state index in [9.17, 15) is 4.79 Å². The topological polar surface area (TPSA) is 71.4 Å². The Bertz CT molecular complexity index is 749. The lowest BCUT2D eigenvalue weighted by molar-refractivity contribution is -0.132. The highest BCUT2D eigenvalue weighted by Gasteiger charge is 2.07. The van der Waals surface area contributed by atoms with Crippen molar-refractivity contribution in [3.05, 3.63) is 21.6 Å². The van der Waals surface area contributed by atoms with Crippen LogP contribution in [0.2, 0.25) is 0 Å². The van der Waals surface area contributed by atoms with Crippen molar-refractivity contribution in [1.82, 2.24) is 0 Å². The van der Waals surface area contributed by atoms with Crippen molar-refractivity contribution < 1.29 is 21.3 Å². The SMILES string of the molecule is C#CC#CC#CC#CC#CC.CC[C@H](C)C[C@H](C)/C=C(\C)C(=O)O.O=O.[HH].[HH].[HH].[HH].[HH].[HH].[HH].[HH]. The minimum Gasteiger partial charge on any atom is -0.478 e. The molecule has 0 bridgehead atoms. The van der Waals surface area contributed by atoms with E-state index in [0.717, 1.165) is 12.8 Å². The first-order chi connectivity index (χ1) is 12.4. The molecule has 0 aromatic heterocycles. The Balaban J connectivity index is -0.0000000265. The Hall–Kier alpha value is -3.39. The summed E-state index contributed by atoms with van der Waals surface area (Å²) in [7, 11) is 0. The van der Waals surface area contributed by atoms with Crippen LogP contribution < -0.4 is 0 Å². The molecule has 0 aliphatic rings. The van der Waals surface area contributed by atoms with Crippen molar-refractivity contribution in [2.45, 2.75) is 47.5 Å². The number of carboxylic acids is 1. The maximum absolute atomic E-state index is 10.5. The molecule has 0 saturated carbocycles. The van der Waals surface area contributed by atoms with Gasteiger partial charge in [-0.05, 0) is 79.5 Å². The van der Waals surface area contributed by atoms with Gasteiger partial charge in [0, 0.05) is 26.9 Å². The number of aliphatic carboxylic acids is 1. The zero-order valence-electron chi connectivity index (χ0n) is 15.9. The molecule has 0 fully saturated rings. The first kappa shape index (κ1) is 27.5. The van der Waals surface area contributed by atoms with Crippen molar-refractivity contribution in [3.63, 3.8) is 0 Å². The van der Waals surface area contributed by atoms with Crippen LogP contribution in [0.5, 0.6) is 0 Å². The monoisotopic (exact) mass is 368 g/mol. The van der Waals surface area contributed by atoms with Gasteiger partial charge in [-0.15, -0.1) is 6.42 Å². The van der Waals surface area contributed by atoms with Gasteiger partial charge in [-0.25, -0.2) is 4.79 Å². The van der Waals surface area contributed by atoms with Gasteiger partial charge in [-0.3, -0.25) is 0 Å². The number of rotatable bonds is 5. The molecule has 4 nitrogen and oxygen atoms in total. The molecule has 0 unspecified atom stereocenters. The fraction of sp³-hybridized carbons (Fsp3) is 0.409. The number of hydrogen-bond acceptors (Lipinski definition) is 3. The van der Waals surface area contributed by atoms with Crippen LogP contribution in [0.3, 0.4) is 0 Å². The predicted octanol–water partition coefficient (Wildman–Crippen LogP) is 5.78. The second kappa shape index (κ2) is 21.6. The van der Waals surface area contributed by atoms with Gasteiger partial charge < -0.3 is 5.11 Å². The van der Waals surface area contributed by atoms with Crippen molar-refractivity contribution >= 4 is 5.97 Å². The van der Waals surface area contributed by atoms with Gasteiger partial charge in [-0.2, -0.15) is 0 Å². The minimum absolute atomic E-state index is 0. The second-order valence-corrected chi connectivity index (χ2v) is 5.15. The van der Waals surface area contributed by atoms with E-state index in [1.807, 2.05) is 6.08 Å². The average molecular weight is 369 g/mol. The Kier molecular flexibility index (Phi) is 22.8. The Morgan fingerprint density at radius 3 is 1.92 bits per heavy atom. The van der Waals surface area contributed by atoms with Gasteiger partial charge in [0.15, 0.2) is 0 Å². The van der Waals surface area contributed by atoms with E-state index >= 15 is 0 Å². The van der Waals surface area contributed by atoms with Gasteiger partial charge in [0.05, 0.1) is 0 Å². The maximum atomic E-state index is 10.5. The fourth-order valence-corrected chi connectivity index (χ4v) is 1.62. The molecule has 0 saturated heterocycles. The Morgan fingerprint density at radius 2 is 1.54 bits per heavy atom. The van der Waals surface area contributed by atoms with Crippen LogP contribution in [0, 0.1) is 81.5 Å². The summed E-state index contributed by atoms with van der Waals surface area (Å²) < 4.78 is 0. The molecule has 0 aliphatic carbocycles.